The van der Waals surface area contributed by atoms with Crippen LogP contribution in [0.1, 0.15) is 30.7 Å². The van der Waals surface area contributed by atoms with Gasteiger partial charge in [-0.05, 0) is 38.0 Å². The van der Waals surface area contributed by atoms with Gasteiger partial charge in [-0.3, -0.25) is 4.79 Å². The Morgan fingerprint density at radius 1 is 1.24 bits per heavy atom. The Balaban J connectivity index is 1.76. The third-order valence-corrected chi connectivity index (χ3v) is 7.22. The van der Waals surface area contributed by atoms with E-state index in [1.165, 1.54) is 18.4 Å². The SMILES string of the molecule is Cc1nc2ccc(S(=O)(=O)N(C)CC(=O)N3CCCCCC3)cc2s1. The first-order valence-electron chi connectivity index (χ1n) is 8.49. The molecule has 2 aromatic rings. The second kappa shape index (κ2) is 7.39. The van der Waals surface area contributed by atoms with Gasteiger partial charge < -0.3 is 4.90 Å². The van der Waals surface area contributed by atoms with E-state index in [2.05, 4.69) is 4.98 Å². The number of rotatable bonds is 4. The van der Waals surface area contributed by atoms with Gasteiger partial charge in [-0.2, -0.15) is 4.31 Å². The van der Waals surface area contributed by atoms with Crippen LogP contribution in [0, 0.1) is 6.92 Å². The largest absolute Gasteiger partial charge is 0.342 e. The molecule has 0 radical (unpaired) electrons. The van der Waals surface area contributed by atoms with Gasteiger partial charge in [0.1, 0.15) is 0 Å². The van der Waals surface area contributed by atoms with Gasteiger partial charge in [0, 0.05) is 20.1 Å². The molecule has 8 heteroatoms. The van der Waals surface area contributed by atoms with Crippen LogP contribution in [0.15, 0.2) is 23.1 Å². The number of likely N-dealkylation sites (N-methyl/N-ethyl adjacent to an activating group) is 1. The second-order valence-electron chi connectivity index (χ2n) is 6.42. The van der Waals surface area contributed by atoms with Crippen LogP contribution in [0.3, 0.4) is 0 Å². The third kappa shape index (κ3) is 4.02. The zero-order valence-electron chi connectivity index (χ0n) is 14.6. The number of carbonyl (C=O) groups is 1. The number of carbonyl (C=O) groups excluding carboxylic acids is 1. The Bertz CT molecular complexity index is 868. The number of benzene rings is 1. The number of aryl methyl sites for hydroxylation is 1. The number of hydrogen-bond acceptors (Lipinski definition) is 5. The number of amides is 1. The fourth-order valence-corrected chi connectivity index (χ4v) is 5.14. The standard InChI is InChI=1S/C17H23N3O3S2/c1-13-18-15-8-7-14(11-16(15)24-13)25(22,23)19(2)12-17(21)20-9-5-3-4-6-10-20/h7-8,11H,3-6,9-10,12H2,1-2H3. The van der Waals surface area contributed by atoms with Crippen molar-refractivity contribution in [3.8, 4) is 0 Å². The molecule has 0 saturated carbocycles. The summed E-state index contributed by atoms with van der Waals surface area (Å²) in [7, 11) is -2.23. The number of aromatic nitrogens is 1. The number of fused-ring (bicyclic) bond motifs is 1. The van der Waals surface area contributed by atoms with E-state index in [0.717, 1.165) is 58.3 Å². The van der Waals surface area contributed by atoms with Crippen LogP contribution in [0.2, 0.25) is 0 Å². The maximum atomic E-state index is 12.8. The van der Waals surface area contributed by atoms with Crippen LogP contribution in [0.5, 0.6) is 0 Å². The van der Waals surface area contributed by atoms with E-state index < -0.39 is 10.0 Å². The molecule has 3 rings (SSSR count). The Hall–Kier alpha value is -1.51. The van der Waals surface area contributed by atoms with Crippen molar-refractivity contribution >= 4 is 37.5 Å². The summed E-state index contributed by atoms with van der Waals surface area (Å²) in [5.74, 6) is -0.123. The van der Waals surface area contributed by atoms with Crippen molar-refractivity contribution in [2.75, 3.05) is 26.7 Å². The van der Waals surface area contributed by atoms with Crippen molar-refractivity contribution in [3.05, 3.63) is 23.2 Å². The summed E-state index contributed by atoms with van der Waals surface area (Å²) >= 11 is 1.46. The number of nitrogens with zero attached hydrogens (tertiary/aromatic N) is 3. The van der Waals surface area contributed by atoms with E-state index in [1.54, 1.807) is 23.1 Å². The zero-order valence-corrected chi connectivity index (χ0v) is 16.2. The summed E-state index contributed by atoms with van der Waals surface area (Å²) in [4.78, 5) is 18.8. The smallest absolute Gasteiger partial charge is 0.243 e. The maximum absolute atomic E-state index is 12.8. The Morgan fingerprint density at radius 2 is 1.92 bits per heavy atom. The van der Waals surface area contributed by atoms with Gasteiger partial charge in [0.2, 0.25) is 15.9 Å². The molecule has 1 saturated heterocycles. The predicted molar refractivity (Wildman–Crippen MR) is 99.2 cm³/mol. The molecule has 0 unspecified atom stereocenters. The highest BCUT2D eigenvalue weighted by atomic mass is 32.2. The summed E-state index contributed by atoms with van der Waals surface area (Å²) in [6, 6.07) is 4.92. The van der Waals surface area contributed by atoms with Crippen LogP contribution < -0.4 is 0 Å². The molecule has 1 amide bonds. The second-order valence-corrected chi connectivity index (χ2v) is 9.70. The Kier molecular flexibility index (Phi) is 5.41. The minimum absolute atomic E-state index is 0.123. The topological polar surface area (TPSA) is 70.6 Å². The van der Waals surface area contributed by atoms with Crippen molar-refractivity contribution < 1.29 is 13.2 Å². The van der Waals surface area contributed by atoms with E-state index >= 15 is 0 Å². The molecule has 0 atom stereocenters. The third-order valence-electron chi connectivity index (χ3n) is 4.49. The summed E-state index contributed by atoms with van der Waals surface area (Å²) in [5, 5.41) is 0.897. The van der Waals surface area contributed by atoms with Crippen LogP contribution in [0.25, 0.3) is 10.2 Å². The summed E-state index contributed by atoms with van der Waals surface area (Å²) < 4.78 is 27.6. The highest BCUT2D eigenvalue weighted by molar-refractivity contribution is 7.89. The first-order valence-corrected chi connectivity index (χ1v) is 10.7. The number of hydrogen-bond donors (Lipinski definition) is 0. The van der Waals surface area contributed by atoms with E-state index in [1.807, 2.05) is 6.92 Å². The minimum Gasteiger partial charge on any atom is -0.342 e. The molecule has 0 spiro atoms. The highest BCUT2D eigenvalue weighted by Gasteiger charge is 2.26. The molecule has 2 heterocycles. The molecule has 1 fully saturated rings. The van der Waals surface area contributed by atoms with Crippen molar-refractivity contribution in [1.82, 2.24) is 14.2 Å². The quantitative estimate of drug-likeness (QED) is 0.816. The molecular formula is C17H23N3O3S2. The van der Waals surface area contributed by atoms with E-state index in [4.69, 9.17) is 0 Å². The number of sulfonamides is 1. The van der Waals surface area contributed by atoms with Crippen molar-refractivity contribution in [1.29, 1.82) is 0 Å². The van der Waals surface area contributed by atoms with Gasteiger partial charge in [0.05, 0.1) is 26.7 Å². The minimum atomic E-state index is -3.70. The van der Waals surface area contributed by atoms with E-state index in [0.29, 0.717) is 0 Å². The summed E-state index contributed by atoms with van der Waals surface area (Å²) in [5.41, 5.74) is 0.796. The van der Waals surface area contributed by atoms with Crippen LogP contribution in [0.4, 0.5) is 0 Å². The Labute approximate surface area is 152 Å². The lowest BCUT2D eigenvalue weighted by Gasteiger charge is -2.24. The molecule has 25 heavy (non-hydrogen) atoms. The van der Waals surface area contributed by atoms with Gasteiger partial charge in [0.25, 0.3) is 0 Å². The Morgan fingerprint density at radius 3 is 2.60 bits per heavy atom. The van der Waals surface area contributed by atoms with Gasteiger partial charge >= 0.3 is 0 Å². The molecule has 1 aromatic carbocycles. The maximum Gasteiger partial charge on any atom is 0.243 e. The fourth-order valence-electron chi connectivity index (χ4n) is 3.06. The fraction of sp³-hybridized carbons (Fsp3) is 0.529. The van der Waals surface area contributed by atoms with Gasteiger partial charge in [-0.25, -0.2) is 13.4 Å². The van der Waals surface area contributed by atoms with E-state index in [-0.39, 0.29) is 17.3 Å². The first-order chi connectivity index (χ1) is 11.9. The van der Waals surface area contributed by atoms with Crippen molar-refractivity contribution in [2.24, 2.45) is 0 Å². The molecule has 136 valence electrons. The highest BCUT2D eigenvalue weighted by Crippen LogP contribution is 2.26. The predicted octanol–water partition coefficient (Wildman–Crippen LogP) is 2.63. The van der Waals surface area contributed by atoms with Crippen LogP contribution in [-0.4, -0.2) is 55.2 Å². The summed E-state index contributed by atoms with van der Waals surface area (Å²) in [6.07, 6.45) is 4.24. The van der Waals surface area contributed by atoms with Crippen LogP contribution >= 0.6 is 11.3 Å². The monoisotopic (exact) mass is 381 g/mol. The van der Waals surface area contributed by atoms with Gasteiger partial charge in [-0.15, -0.1) is 11.3 Å². The van der Waals surface area contributed by atoms with E-state index in [9.17, 15) is 13.2 Å². The molecule has 0 N–H and O–H groups in total. The normalized spacial score (nSPS) is 16.4. The number of likely N-dealkylation sites (tertiary alicyclic amines) is 1. The molecule has 1 aliphatic heterocycles. The zero-order chi connectivity index (χ0) is 18.0. The van der Waals surface area contributed by atoms with Crippen molar-refractivity contribution in [3.63, 3.8) is 0 Å². The first kappa shape index (κ1) is 18.3. The summed E-state index contributed by atoms with van der Waals surface area (Å²) in [6.45, 7) is 3.21. The average molecular weight is 382 g/mol. The molecule has 0 bridgehead atoms. The lowest BCUT2D eigenvalue weighted by Crippen LogP contribution is -2.41. The van der Waals surface area contributed by atoms with Crippen LogP contribution in [-0.2, 0) is 14.8 Å². The lowest BCUT2D eigenvalue weighted by molar-refractivity contribution is -0.131. The molecular weight excluding hydrogens is 358 g/mol. The molecule has 1 aliphatic rings. The average Bonchev–Trinajstić information content (AvgIpc) is 2.76. The van der Waals surface area contributed by atoms with Gasteiger partial charge in [0.15, 0.2) is 0 Å². The molecule has 0 aliphatic carbocycles. The molecule has 1 aromatic heterocycles. The van der Waals surface area contributed by atoms with Crippen molar-refractivity contribution in [2.45, 2.75) is 37.5 Å². The lowest BCUT2D eigenvalue weighted by atomic mass is 10.2. The number of thiazole rings is 1. The molecule has 6 nitrogen and oxygen atoms in total. The van der Waals surface area contributed by atoms with Gasteiger partial charge in [-0.1, -0.05) is 12.8 Å².